The van der Waals surface area contributed by atoms with E-state index in [1.807, 2.05) is 0 Å². The van der Waals surface area contributed by atoms with Gasteiger partial charge in [0.2, 0.25) is 0 Å². The van der Waals surface area contributed by atoms with Crippen LogP contribution in [-0.2, 0) is 0 Å². The Bertz CT molecular complexity index is 363. The summed E-state index contributed by atoms with van der Waals surface area (Å²) in [5.74, 6) is -0.129. The van der Waals surface area contributed by atoms with Crippen LogP contribution < -0.4 is 10.6 Å². The summed E-state index contributed by atoms with van der Waals surface area (Å²) in [7, 11) is 0. The molecule has 1 amide bonds. The molecule has 0 bridgehead atoms. The summed E-state index contributed by atoms with van der Waals surface area (Å²) in [5.41, 5.74) is 0.485. The van der Waals surface area contributed by atoms with Gasteiger partial charge in [-0.25, -0.2) is 0 Å². The van der Waals surface area contributed by atoms with Crippen LogP contribution in [0.5, 0.6) is 0 Å². The number of amides is 1. The lowest BCUT2D eigenvalue weighted by atomic mass is 10.2. The predicted molar refractivity (Wildman–Crippen MR) is 58.0 cm³/mol. The van der Waals surface area contributed by atoms with Gasteiger partial charge in [-0.15, -0.1) is 0 Å². The Labute approximate surface area is 93.0 Å². The van der Waals surface area contributed by atoms with Crippen LogP contribution in [0.15, 0.2) is 18.5 Å². The molecule has 2 rings (SSSR count). The molecule has 2 N–H and O–H groups in total. The van der Waals surface area contributed by atoms with Crippen molar-refractivity contribution in [2.75, 3.05) is 13.1 Å². The summed E-state index contributed by atoms with van der Waals surface area (Å²) in [4.78, 5) is 15.6. The molecular weight excluding hydrogens is 214 g/mol. The summed E-state index contributed by atoms with van der Waals surface area (Å²) in [5, 5.41) is 6.50. The van der Waals surface area contributed by atoms with Gasteiger partial charge in [0.05, 0.1) is 10.6 Å². The molecule has 0 spiro atoms. The van der Waals surface area contributed by atoms with Gasteiger partial charge in [-0.1, -0.05) is 11.6 Å². The van der Waals surface area contributed by atoms with E-state index in [9.17, 15) is 4.79 Å². The second-order valence-electron chi connectivity index (χ2n) is 3.52. The van der Waals surface area contributed by atoms with Gasteiger partial charge in [-0.05, 0) is 19.0 Å². The van der Waals surface area contributed by atoms with Gasteiger partial charge in [0.1, 0.15) is 0 Å². The van der Waals surface area contributed by atoms with E-state index in [-0.39, 0.29) is 11.9 Å². The summed E-state index contributed by atoms with van der Waals surface area (Å²) in [6.07, 6.45) is 4.01. The first kappa shape index (κ1) is 10.4. The van der Waals surface area contributed by atoms with E-state index < -0.39 is 0 Å². The fraction of sp³-hybridized carbons (Fsp3) is 0.400. The SMILES string of the molecule is O=C(N[C@H]1CCNC1)c1ccncc1Cl. The monoisotopic (exact) mass is 225 g/mol. The first-order valence-electron chi connectivity index (χ1n) is 4.88. The number of hydrogen-bond donors (Lipinski definition) is 2. The Morgan fingerprint density at radius 1 is 1.67 bits per heavy atom. The quantitative estimate of drug-likeness (QED) is 0.784. The molecule has 0 aliphatic carbocycles. The van der Waals surface area contributed by atoms with E-state index in [2.05, 4.69) is 15.6 Å². The third-order valence-corrected chi connectivity index (χ3v) is 2.71. The molecule has 1 fully saturated rings. The molecule has 5 heteroatoms. The zero-order chi connectivity index (χ0) is 10.7. The van der Waals surface area contributed by atoms with Gasteiger partial charge < -0.3 is 10.6 Å². The zero-order valence-electron chi connectivity index (χ0n) is 8.16. The van der Waals surface area contributed by atoms with Crippen LogP contribution in [-0.4, -0.2) is 30.0 Å². The highest BCUT2D eigenvalue weighted by Gasteiger charge is 2.18. The number of hydrogen-bond acceptors (Lipinski definition) is 3. The fourth-order valence-electron chi connectivity index (χ4n) is 1.60. The number of pyridine rings is 1. The van der Waals surface area contributed by atoms with Crippen molar-refractivity contribution in [3.05, 3.63) is 29.0 Å². The number of halogens is 1. The van der Waals surface area contributed by atoms with Crippen molar-refractivity contribution in [2.24, 2.45) is 0 Å². The zero-order valence-corrected chi connectivity index (χ0v) is 8.92. The highest BCUT2D eigenvalue weighted by atomic mass is 35.5. The van der Waals surface area contributed by atoms with Crippen molar-refractivity contribution in [1.82, 2.24) is 15.6 Å². The topological polar surface area (TPSA) is 54.0 Å². The van der Waals surface area contributed by atoms with Crippen molar-refractivity contribution in [2.45, 2.75) is 12.5 Å². The summed E-state index contributed by atoms with van der Waals surface area (Å²) < 4.78 is 0. The first-order valence-corrected chi connectivity index (χ1v) is 5.26. The average Bonchev–Trinajstić information content (AvgIpc) is 2.71. The lowest BCUT2D eigenvalue weighted by Gasteiger charge is -2.11. The molecule has 1 saturated heterocycles. The molecule has 1 aromatic rings. The van der Waals surface area contributed by atoms with E-state index in [0.717, 1.165) is 19.5 Å². The maximum absolute atomic E-state index is 11.8. The smallest absolute Gasteiger partial charge is 0.253 e. The van der Waals surface area contributed by atoms with Gasteiger partial charge in [0.25, 0.3) is 5.91 Å². The molecule has 2 heterocycles. The Balaban J connectivity index is 2.04. The van der Waals surface area contributed by atoms with E-state index in [1.165, 1.54) is 6.20 Å². The molecule has 0 saturated carbocycles. The van der Waals surface area contributed by atoms with Crippen LogP contribution in [0, 0.1) is 0 Å². The Kier molecular flexibility index (Phi) is 3.18. The Hall–Kier alpha value is -1.13. The second-order valence-corrected chi connectivity index (χ2v) is 3.93. The van der Waals surface area contributed by atoms with Gasteiger partial charge >= 0.3 is 0 Å². The fourth-order valence-corrected chi connectivity index (χ4v) is 1.81. The molecular formula is C10H12ClN3O. The van der Waals surface area contributed by atoms with Crippen molar-refractivity contribution >= 4 is 17.5 Å². The number of nitrogens with zero attached hydrogens (tertiary/aromatic N) is 1. The van der Waals surface area contributed by atoms with Crippen LogP contribution >= 0.6 is 11.6 Å². The van der Waals surface area contributed by atoms with Gasteiger partial charge in [0.15, 0.2) is 0 Å². The van der Waals surface area contributed by atoms with Crippen molar-refractivity contribution in [1.29, 1.82) is 0 Å². The number of carbonyl (C=O) groups excluding carboxylic acids is 1. The minimum Gasteiger partial charge on any atom is -0.348 e. The van der Waals surface area contributed by atoms with E-state index >= 15 is 0 Å². The number of aromatic nitrogens is 1. The molecule has 0 unspecified atom stereocenters. The van der Waals surface area contributed by atoms with Crippen LogP contribution in [0.1, 0.15) is 16.8 Å². The second kappa shape index (κ2) is 4.59. The molecule has 0 aromatic carbocycles. The number of nitrogens with one attached hydrogen (secondary N) is 2. The van der Waals surface area contributed by atoms with Crippen molar-refractivity contribution in [3.63, 3.8) is 0 Å². The van der Waals surface area contributed by atoms with E-state index in [4.69, 9.17) is 11.6 Å². The Morgan fingerprint density at radius 2 is 2.53 bits per heavy atom. The highest BCUT2D eigenvalue weighted by molar-refractivity contribution is 6.33. The van der Waals surface area contributed by atoms with Gasteiger partial charge in [-0.3, -0.25) is 9.78 Å². The third-order valence-electron chi connectivity index (χ3n) is 2.41. The number of rotatable bonds is 2. The van der Waals surface area contributed by atoms with Crippen LogP contribution in [0.4, 0.5) is 0 Å². The lowest BCUT2D eigenvalue weighted by molar-refractivity contribution is 0.0940. The van der Waals surface area contributed by atoms with E-state index in [0.29, 0.717) is 10.6 Å². The minimum atomic E-state index is -0.129. The normalized spacial score (nSPS) is 20.2. The maximum atomic E-state index is 11.8. The largest absolute Gasteiger partial charge is 0.348 e. The van der Waals surface area contributed by atoms with Crippen LogP contribution in [0.25, 0.3) is 0 Å². The predicted octanol–water partition coefficient (Wildman–Crippen LogP) is 0.827. The average molecular weight is 226 g/mol. The molecule has 1 atom stereocenters. The molecule has 1 aliphatic heterocycles. The first-order chi connectivity index (χ1) is 7.27. The van der Waals surface area contributed by atoms with Crippen molar-refractivity contribution < 1.29 is 4.79 Å². The molecule has 0 radical (unpaired) electrons. The lowest BCUT2D eigenvalue weighted by Crippen LogP contribution is -2.36. The van der Waals surface area contributed by atoms with Crippen LogP contribution in [0.2, 0.25) is 5.02 Å². The molecule has 15 heavy (non-hydrogen) atoms. The molecule has 4 nitrogen and oxygen atoms in total. The molecule has 1 aliphatic rings. The molecule has 1 aromatic heterocycles. The minimum absolute atomic E-state index is 0.129. The standard InChI is InChI=1S/C10H12ClN3O/c11-9-6-13-4-2-8(9)10(15)14-7-1-3-12-5-7/h2,4,6-7,12H,1,3,5H2,(H,14,15)/t7-/m0/s1. The summed E-state index contributed by atoms with van der Waals surface area (Å²) >= 11 is 5.87. The molecule has 80 valence electrons. The Morgan fingerprint density at radius 3 is 3.20 bits per heavy atom. The van der Waals surface area contributed by atoms with Crippen molar-refractivity contribution in [3.8, 4) is 0 Å². The van der Waals surface area contributed by atoms with E-state index in [1.54, 1.807) is 12.3 Å². The maximum Gasteiger partial charge on any atom is 0.253 e. The van der Waals surface area contributed by atoms with Gasteiger partial charge in [0, 0.05) is 25.0 Å². The highest BCUT2D eigenvalue weighted by Crippen LogP contribution is 2.13. The van der Waals surface area contributed by atoms with Gasteiger partial charge in [-0.2, -0.15) is 0 Å². The van der Waals surface area contributed by atoms with Crippen LogP contribution in [0.3, 0.4) is 0 Å². The summed E-state index contributed by atoms with van der Waals surface area (Å²) in [6, 6.07) is 1.83. The summed E-state index contributed by atoms with van der Waals surface area (Å²) in [6.45, 7) is 1.78. The third kappa shape index (κ3) is 2.46. The number of carbonyl (C=O) groups is 1.